The van der Waals surface area contributed by atoms with Crippen LogP contribution in [0.1, 0.15) is 50.4 Å². The van der Waals surface area contributed by atoms with E-state index < -0.39 is 11.5 Å². The van der Waals surface area contributed by atoms with Crippen molar-refractivity contribution in [2.45, 2.75) is 40.0 Å². The standard InChI is InChI=1S/C20H24FNO3S/c1-19(2,3)6-7-20(8-9-22(12-20)18(24)25)17(23)15-11-26-16-5-4-13(21)10-14(15)16/h4-5,10-11H,6-9,12H2,1-3H3,(H,24,25). The van der Waals surface area contributed by atoms with E-state index in [0.29, 0.717) is 30.3 Å². The van der Waals surface area contributed by atoms with Crippen LogP contribution in [0.2, 0.25) is 0 Å². The van der Waals surface area contributed by atoms with Gasteiger partial charge in [-0.3, -0.25) is 4.79 Å². The van der Waals surface area contributed by atoms with E-state index in [1.807, 2.05) is 0 Å². The maximum atomic E-state index is 13.7. The summed E-state index contributed by atoms with van der Waals surface area (Å²) in [6.07, 6.45) is 0.978. The maximum Gasteiger partial charge on any atom is 0.407 e. The van der Waals surface area contributed by atoms with E-state index in [9.17, 15) is 19.1 Å². The third-order valence-electron chi connectivity index (χ3n) is 5.24. The number of amides is 1. The lowest BCUT2D eigenvalue weighted by Gasteiger charge is -2.30. The van der Waals surface area contributed by atoms with Gasteiger partial charge in [0.1, 0.15) is 5.82 Å². The first-order valence-electron chi connectivity index (χ1n) is 8.81. The van der Waals surface area contributed by atoms with Crippen molar-refractivity contribution in [3.8, 4) is 0 Å². The van der Waals surface area contributed by atoms with Crippen LogP contribution in [-0.4, -0.2) is 35.0 Å². The van der Waals surface area contributed by atoms with Gasteiger partial charge in [0.15, 0.2) is 5.78 Å². The van der Waals surface area contributed by atoms with Gasteiger partial charge in [0.25, 0.3) is 0 Å². The molecule has 1 aromatic heterocycles. The van der Waals surface area contributed by atoms with Crippen molar-refractivity contribution in [1.29, 1.82) is 0 Å². The van der Waals surface area contributed by atoms with E-state index >= 15 is 0 Å². The molecule has 26 heavy (non-hydrogen) atoms. The van der Waals surface area contributed by atoms with Crippen LogP contribution in [0.25, 0.3) is 10.1 Å². The number of carbonyl (C=O) groups excluding carboxylic acids is 1. The van der Waals surface area contributed by atoms with Crippen molar-refractivity contribution < 1.29 is 19.1 Å². The second kappa shape index (κ2) is 6.65. The summed E-state index contributed by atoms with van der Waals surface area (Å²) in [6.45, 7) is 6.92. The van der Waals surface area contributed by atoms with Crippen LogP contribution in [0.5, 0.6) is 0 Å². The molecule has 140 valence electrons. The fourth-order valence-electron chi connectivity index (χ4n) is 3.62. The van der Waals surface area contributed by atoms with Crippen LogP contribution < -0.4 is 0 Å². The summed E-state index contributed by atoms with van der Waals surface area (Å²) in [7, 11) is 0. The van der Waals surface area contributed by atoms with Gasteiger partial charge in [-0.1, -0.05) is 20.8 Å². The molecule has 1 amide bonds. The van der Waals surface area contributed by atoms with Crippen molar-refractivity contribution in [3.63, 3.8) is 0 Å². The van der Waals surface area contributed by atoms with Crippen LogP contribution in [0, 0.1) is 16.6 Å². The van der Waals surface area contributed by atoms with E-state index in [1.54, 1.807) is 11.4 Å². The van der Waals surface area contributed by atoms with Crippen LogP contribution in [0.3, 0.4) is 0 Å². The number of hydrogen-bond acceptors (Lipinski definition) is 3. The maximum absolute atomic E-state index is 13.7. The molecule has 0 spiro atoms. The number of halogens is 1. The molecule has 2 heterocycles. The van der Waals surface area contributed by atoms with Gasteiger partial charge in [-0.25, -0.2) is 9.18 Å². The van der Waals surface area contributed by atoms with Gasteiger partial charge in [-0.05, 0) is 42.9 Å². The van der Waals surface area contributed by atoms with Gasteiger partial charge < -0.3 is 10.0 Å². The molecule has 1 atom stereocenters. The van der Waals surface area contributed by atoms with Gasteiger partial charge in [0.05, 0.1) is 5.41 Å². The number of carboxylic acid groups (broad SMARTS) is 1. The van der Waals surface area contributed by atoms with Crippen molar-refractivity contribution in [2.75, 3.05) is 13.1 Å². The Morgan fingerprint density at radius 3 is 2.69 bits per heavy atom. The normalized spacial score (nSPS) is 20.7. The van der Waals surface area contributed by atoms with Crippen LogP contribution in [-0.2, 0) is 0 Å². The highest BCUT2D eigenvalue weighted by atomic mass is 32.1. The molecule has 6 heteroatoms. The average Bonchev–Trinajstić information content (AvgIpc) is 3.16. The van der Waals surface area contributed by atoms with Gasteiger partial charge in [-0.2, -0.15) is 0 Å². The number of nitrogens with zero attached hydrogens (tertiary/aromatic N) is 1. The fourth-order valence-corrected chi connectivity index (χ4v) is 4.54. The topological polar surface area (TPSA) is 57.6 Å². The quantitative estimate of drug-likeness (QED) is 0.724. The lowest BCUT2D eigenvalue weighted by molar-refractivity contribution is 0.0763. The zero-order chi connectivity index (χ0) is 19.1. The third-order valence-corrected chi connectivity index (χ3v) is 6.20. The Labute approximate surface area is 156 Å². The van der Waals surface area contributed by atoms with Gasteiger partial charge in [-0.15, -0.1) is 11.3 Å². The first kappa shape index (κ1) is 18.8. The Hall–Kier alpha value is -1.95. The van der Waals surface area contributed by atoms with Crippen LogP contribution in [0.15, 0.2) is 23.6 Å². The number of ketones is 1. The summed E-state index contributed by atoms with van der Waals surface area (Å²) in [5, 5.41) is 11.8. The molecule has 1 saturated heterocycles. The fraction of sp³-hybridized carbons (Fsp3) is 0.500. The number of rotatable bonds is 4. The highest BCUT2D eigenvalue weighted by Gasteiger charge is 2.46. The predicted molar refractivity (Wildman–Crippen MR) is 101 cm³/mol. The van der Waals surface area contributed by atoms with Gasteiger partial charge in [0.2, 0.25) is 0 Å². The number of likely N-dealkylation sites (tertiary alicyclic amines) is 1. The largest absolute Gasteiger partial charge is 0.465 e. The highest BCUT2D eigenvalue weighted by molar-refractivity contribution is 7.17. The molecule has 1 aliphatic heterocycles. The number of hydrogen-bond donors (Lipinski definition) is 1. The Morgan fingerprint density at radius 2 is 2.08 bits per heavy atom. The molecular formula is C20H24FNO3S. The molecule has 0 saturated carbocycles. The summed E-state index contributed by atoms with van der Waals surface area (Å²) in [5.41, 5.74) is -0.163. The Morgan fingerprint density at radius 1 is 1.35 bits per heavy atom. The van der Waals surface area contributed by atoms with E-state index in [-0.39, 0.29) is 23.6 Å². The highest BCUT2D eigenvalue weighted by Crippen LogP contribution is 2.43. The lowest BCUT2D eigenvalue weighted by Crippen LogP contribution is -2.37. The van der Waals surface area contributed by atoms with E-state index in [1.165, 1.54) is 28.4 Å². The summed E-state index contributed by atoms with van der Waals surface area (Å²) in [6, 6.07) is 4.48. The van der Waals surface area contributed by atoms with Gasteiger partial charge >= 0.3 is 6.09 Å². The summed E-state index contributed by atoms with van der Waals surface area (Å²) in [5.74, 6) is -0.422. The van der Waals surface area contributed by atoms with E-state index in [4.69, 9.17) is 0 Å². The van der Waals surface area contributed by atoms with Crippen molar-refractivity contribution >= 4 is 33.3 Å². The summed E-state index contributed by atoms with van der Waals surface area (Å²) in [4.78, 5) is 26.3. The molecule has 1 N–H and O–H groups in total. The molecule has 2 aromatic rings. The minimum Gasteiger partial charge on any atom is -0.465 e. The zero-order valence-corrected chi connectivity index (χ0v) is 16.2. The van der Waals surface area contributed by atoms with Crippen molar-refractivity contribution in [1.82, 2.24) is 4.90 Å². The minimum atomic E-state index is -0.989. The molecule has 1 aromatic carbocycles. The monoisotopic (exact) mass is 377 g/mol. The number of Topliss-reactive ketones (excluding diaryl/α,β-unsaturated/α-hetero) is 1. The molecule has 4 nitrogen and oxygen atoms in total. The molecule has 3 rings (SSSR count). The average molecular weight is 377 g/mol. The molecule has 1 fully saturated rings. The van der Waals surface area contributed by atoms with E-state index in [0.717, 1.165) is 11.1 Å². The first-order chi connectivity index (χ1) is 12.1. The smallest absolute Gasteiger partial charge is 0.407 e. The van der Waals surface area contributed by atoms with Crippen LogP contribution in [0.4, 0.5) is 9.18 Å². The first-order valence-corrected chi connectivity index (χ1v) is 9.69. The Balaban J connectivity index is 1.99. The molecular weight excluding hydrogens is 353 g/mol. The van der Waals surface area contributed by atoms with Gasteiger partial charge in [0, 0.05) is 34.1 Å². The minimum absolute atomic E-state index is 0.0484. The Kier molecular flexibility index (Phi) is 4.82. The number of fused-ring (bicyclic) bond motifs is 1. The predicted octanol–water partition coefficient (Wildman–Crippen LogP) is 5.42. The number of carbonyl (C=O) groups is 2. The summed E-state index contributed by atoms with van der Waals surface area (Å²) < 4.78 is 14.6. The number of thiophene rings is 1. The summed E-state index contributed by atoms with van der Waals surface area (Å²) >= 11 is 1.42. The molecule has 1 unspecified atom stereocenters. The second-order valence-corrected chi connectivity index (χ2v) is 9.33. The SMILES string of the molecule is CC(C)(C)CCC1(C(=O)c2csc3ccc(F)cc23)CCN(C(=O)O)C1. The molecule has 1 aliphatic rings. The zero-order valence-electron chi connectivity index (χ0n) is 15.3. The van der Waals surface area contributed by atoms with Crippen molar-refractivity contribution in [3.05, 3.63) is 35.0 Å². The Bertz CT molecular complexity index is 854. The van der Waals surface area contributed by atoms with E-state index in [2.05, 4.69) is 20.8 Å². The van der Waals surface area contributed by atoms with Crippen LogP contribution >= 0.6 is 11.3 Å². The molecule has 0 radical (unpaired) electrons. The van der Waals surface area contributed by atoms with Crippen molar-refractivity contribution in [2.24, 2.45) is 10.8 Å². The number of benzene rings is 1. The lowest BCUT2D eigenvalue weighted by atomic mass is 9.72. The third kappa shape index (κ3) is 3.61. The second-order valence-electron chi connectivity index (χ2n) is 8.41. The molecule has 0 aliphatic carbocycles. The molecule has 0 bridgehead atoms.